The van der Waals surface area contributed by atoms with Crippen molar-refractivity contribution in [1.29, 1.82) is 0 Å². The summed E-state index contributed by atoms with van der Waals surface area (Å²) in [5.41, 5.74) is 0.279. The molecule has 0 bridgehead atoms. The fraction of sp³-hybridized carbons (Fsp3) is 0.409. The summed E-state index contributed by atoms with van der Waals surface area (Å²) in [6.45, 7) is 5.05. The van der Waals surface area contributed by atoms with Gasteiger partial charge in [-0.25, -0.2) is 9.78 Å². The number of amides is 1. The lowest BCUT2D eigenvalue weighted by Gasteiger charge is -2.12. The van der Waals surface area contributed by atoms with E-state index in [0.29, 0.717) is 27.5 Å². The first-order chi connectivity index (χ1) is 15.4. The average molecular weight is 456 g/mol. The summed E-state index contributed by atoms with van der Waals surface area (Å²) in [5, 5.41) is 3.43. The maximum atomic E-state index is 13.1. The van der Waals surface area contributed by atoms with Gasteiger partial charge in [0.15, 0.2) is 16.6 Å². The van der Waals surface area contributed by atoms with E-state index in [1.165, 1.54) is 27.4 Å². The van der Waals surface area contributed by atoms with Gasteiger partial charge in [0.1, 0.15) is 11.2 Å². The number of hydrogen-bond acceptors (Lipinski definition) is 7. The van der Waals surface area contributed by atoms with E-state index in [-0.39, 0.29) is 30.1 Å². The van der Waals surface area contributed by atoms with Gasteiger partial charge in [0.25, 0.3) is 5.56 Å². The van der Waals surface area contributed by atoms with Crippen LogP contribution in [0.1, 0.15) is 43.5 Å². The summed E-state index contributed by atoms with van der Waals surface area (Å²) in [4.78, 5) is 57.2. The number of rotatable bonds is 7. The lowest BCUT2D eigenvalue weighted by Crippen LogP contribution is -2.41. The van der Waals surface area contributed by atoms with Crippen molar-refractivity contribution in [3.8, 4) is 0 Å². The van der Waals surface area contributed by atoms with Crippen LogP contribution < -0.4 is 21.5 Å². The van der Waals surface area contributed by atoms with Crippen LogP contribution in [0.3, 0.4) is 0 Å². The van der Waals surface area contributed by atoms with Crippen molar-refractivity contribution >= 4 is 44.2 Å². The molecule has 0 radical (unpaired) electrons. The molecule has 10 heteroatoms. The number of nitrogens with zero attached hydrogens (tertiary/aromatic N) is 4. The normalized spacial score (nSPS) is 13.6. The average Bonchev–Trinajstić information content (AvgIpc) is 3.44. The Bertz CT molecular complexity index is 1300. The van der Waals surface area contributed by atoms with Crippen LogP contribution in [0.25, 0.3) is 10.3 Å². The highest BCUT2D eigenvalue weighted by Crippen LogP contribution is 2.28. The van der Waals surface area contributed by atoms with Gasteiger partial charge >= 0.3 is 5.69 Å². The molecule has 0 saturated carbocycles. The van der Waals surface area contributed by atoms with Gasteiger partial charge in [-0.05, 0) is 38.3 Å². The minimum absolute atomic E-state index is 0.109. The maximum absolute atomic E-state index is 13.1. The predicted molar refractivity (Wildman–Crippen MR) is 125 cm³/mol. The molecular weight excluding hydrogens is 430 g/mol. The molecule has 32 heavy (non-hydrogen) atoms. The highest BCUT2D eigenvalue weighted by atomic mass is 32.1. The standard InChI is InChI=1S/C22H25N5O4S/c1-3-9-26-20(30)18-19(24-21(32-18)25-10-4-5-11-25)27(22(26)31)13-17(29)23-16-8-6-7-15(12-16)14(2)28/h6-8,12H,3-5,9-11,13H2,1-2H3,(H,23,29). The van der Waals surface area contributed by atoms with Gasteiger partial charge in [-0.1, -0.05) is 30.4 Å². The molecule has 0 aliphatic carbocycles. The van der Waals surface area contributed by atoms with Gasteiger partial charge < -0.3 is 10.2 Å². The Morgan fingerprint density at radius 3 is 2.59 bits per heavy atom. The molecule has 1 aromatic carbocycles. The lowest BCUT2D eigenvalue weighted by atomic mass is 10.1. The molecule has 1 fully saturated rings. The number of fused-ring (bicyclic) bond motifs is 1. The molecule has 2 aromatic heterocycles. The Kier molecular flexibility index (Phi) is 6.22. The number of benzene rings is 1. The van der Waals surface area contributed by atoms with Crippen molar-refractivity contribution in [3.63, 3.8) is 0 Å². The number of ketones is 1. The van der Waals surface area contributed by atoms with Crippen LogP contribution in [0.5, 0.6) is 0 Å². The number of Topliss-reactive ketones (excluding diaryl/α,β-unsaturated/α-hetero) is 1. The summed E-state index contributed by atoms with van der Waals surface area (Å²) >= 11 is 1.27. The predicted octanol–water partition coefficient (Wildman–Crippen LogP) is 2.47. The Hall–Kier alpha value is -3.27. The Balaban J connectivity index is 1.72. The molecule has 9 nitrogen and oxygen atoms in total. The first-order valence-electron chi connectivity index (χ1n) is 10.7. The molecule has 0 atom stereocenters. The molecule has 1 aliphatic rings. The summed E-state index contributed by atoms with van der Waals surface area (Å²) in [7, 11) is 0. The molecule has 168 valence electrons. The van der Waals surface area contributed by atoms with Crippen LogP contribution in [0.2, 0.25) is 0 Å². The van der Waals surface area contributed by atoms with E-state index in [1.54, 1.807) is 24.3 Å². The topological polar surface area (TPSA) is 106 Å². The summed E-state index contributed by atoms with van der Waals surface area (Å²) in [6.07, 6.45) is 2.73. The van der Waals surface area contributed by atoms with Gasteiger partial charge in [-0.15, -0.1) is 0 Å². The van der Waals surface area contributed by atoms with E-state index in [9.17, 15) is 19.2 Å². The molecule has 1 N–H and O–H groups in total. The fourth-order valence-electron chi connectivity index (χ4n) is 3.84. The molecule has 1 aliphatic heterocycles. The number of carbonyl (C=O) groups excluding carboxylic acids is 2. The second-order valence-electron chi connectivity index (χ2n) is 7.85. The highest BCUT2D eigenvalue weighted by Gasteiger charge is 2.23. The smallest absolute Gasteiger partial charge is 0.333 e. The largest absolute Gasteiger partial charge is 0.348 e. The summed E-state index contributed by atoms with van der Waals surface area (Å²) in [6, 6.07) is 6.61. The quantitative estimate of drug-likeness (QED) is 0.549. The lowest BCUT2D eigenvalue weighted by molar-refractivity contribution is -0.116. The van der Waals surface area contributed by atoms with Crippen molar-refractivity contribution in [1.82, 2.24) is 14.1 Å². The molecular formula is C22H25N5O4S. The first-order valence-corrected chi connectivity index (χ1v) is 11.5. The zero-order valence-electron chi connectivity index (χ0n) is 18.1. The maximum Gasteiger partial charge on any atom is 0.333 e. The van der Waals surface area contributed by atoms with E-state index < -0.39 is 11.6 Å². The van der Waals surface area contributed by atoms with Crippen molar-refractivity contribution < 1.29 is 9.59 Å². The van der Waals surface area contributed by atoms with E-state index in [2.05, 4.69) is 15.2 Å². The highest BCUT2D eigenvalue weighted by molar-refractivity contribution is 7.22. The van der Waals surface area contributed by atoms with Crippen molar-refractivity contribution in [3.05, 3.63) is 50.7 Å². The molecule has 4 rings (SSSR count). The Morgan fingerprint density at radius 2 is 1.91 bits per heavy atom. The summed E-state index contributed by atoms with van der Waals surface area (Å²) < 4.78 is 2.83. The fourth-order valence-corrected chi connectivity index (χ4v) is 4.91. The third-order valence-electron chi connectivity index (χ3n) is 5.43. The van der Waals surface area contributed by atoms with Crippen molar-refractivity contribution in [2.75, 3.05) is 23.3 Å². The number of nitrogens with one attached hydrogen (secondary N) is 1. The molecule has 1 amide bonds. The van der Waals surface area contributed by atoms with E-state index >= 15 is 0 Å². The molecule has 0 unspecified atom stereocenters. The second-order valence-corrected chi connectivity index (χ2v) is 8.83. The van der Waals surface area contributed by atoms with Crippen molar-refractivity contribution in [2.24, 2.45) is 0 Å². The zero-order chi connectivity index (χ0) is 22.8. The van der Waals surface area contributed by atoms with Crippen LogP contribution in [0, 0.1) is 0 Å². The van der Waals surface area contributed by atoms with Crippen LogP contribution in [0.4, 0.5) is 10.8 Å². The third-order valence-corrected chi connectivity index (χ3v) is 6.53. The third kappa shape index (κ3) is 4.22. The second kappa shape index (κ2) is 9.07. The number of thiazole rings is 1. The minimum atomic E-state index is -0.546. The van der Waals surface area contributed by atoms with Crippen LogP contribution >= 0.6 is 11.3 Å². The number of aromatic nitrogens is 3. The van der Waals surface area contributed by atoms with Crippen LogP contribution in [0.15, 0.2) is 33.9 Å². The molecule has 3 heterocycles. The monoisotopic (exact) mass is 455 g/mol. The first kappa shape index (κ1) is 21.9. The zero-order valence-corrected chi connectivity index (χ0v) is 18.9. The molecule has 0 spiro atoms. The van der Waals surface area contributed by atoms with E-state index in [1.807, 2.05) is 6.92 Å². The molecule has 3 aromatic rings. The number of hydrogen-bond donors (Lipinski definition) is 1. The van der Waals surface area contributed by atoms with Gasteiger partial charge in [-0.2, -0.15) is 0 Å². The van der Waals surface area contributed by atoms with Crippen LogP contribution in [-0.2, 0) is 17.9 Å². The minimum Gasteiger partial charge on any atom is -0.348 e. The summed E-state index contributed by atoms with van der Waals surface area (Å²) in [5.74, 6) is -0.547. The van der Waals surface area contributed by atoms with E-state index in [0.717, 1.165) is 25.9 Å². The number of anilines is 2. The van der Waals surface area contributed by atoms with Gasteiger partial charge in [0.05, 0.1) is 0 Å². The SMILES string of the molecule is CCCn1c(=O)c2sc(N3CCCC3)nc2n(CC(=O)Nc2cccc(C(C)=O)c2)c1=O. The van der Waals surface area contributed by atoms with Crippen LogP contribution in [-0.4, -0.2) is 38.9 Å². The van der Waals surface area contributed by atoms with Gasteiger partial charge in [-0.3, -0.25) is 23.5 Å². The van der Waals surface area contributed by atoms with Gasteiger partial charge in [0, 0.05) is 30.9 Å². The number of carbonyl (C=O) groups is 2. The molecule has 1 saturated heterocycles. The van der Waals surface area contributed by atoms with Crippen molar-refractivity contribution in [2.45, 2.75) is 46.2 Å². The van der Waals surface area contributed by atoms with E-state index in [4.69, 9.17) is 0 Å². The Labute approximate surface area is 188 Å². The van der Waals surface area contributed by atoms with Gasteiger partial charge in [0.2, 0.25) is 5.91 Å². The Morgan fingerprint density at radius 1 is 1.16 bits per heavy atom.